The summed E-state index contributed by atoms with van der Waals surface area (Å²) in [5, 5.41) is 2.98. The lowest BCUT2D eigenvalue weighted by Gasteiger charge is -2.34. The molecular weight excluding hydrogens is 507 g/mol. The van der Waals surface area contributed by atoms with Crippen LogP contribution in [-0.2, 0) is 25.7 Å². The molecule has 4 aromatic rings. The van der Waals surface area contributed by atoms with Crippen LogP contribution in [0.5, 0.6) is 5.75 Å². The Labute approximate surface area is 224 Å². The Hall–Kier alpha value is -4.05. The number of aromatic nitrogens is 2. The van der Waals surface area contributed by atoms with Gasteiger partial charge in [0.2, 0.25) is 0 Å². The number of amides is 2. The summed E-state index contributed by atoms with van der Waals surface area (Å²) in [6.45, 7) is 6.78. The number of rotatable bonds is 5. The Balaban J connectivity index is 1.45. The largest absolute Gasteiger partial charge is 0.416 e. The second-order valence-corrected chi connectivity index (χ2v) is 10.6. The third-order valence-electron chi connectivity index (χ3n) is 6.57. The molecule has 0 fully saturated rings. The molecule has 0 spiro atoms. The summed E-state index contributed by atoms with van der Waals surface area (Å²) < 4.78 is 42.2. The Bertz CT molecular complexity index is 1510. The highest BCUT2D eigenvalue weighted by atomic mass is 19.4. The van der Waals surface area contributed by atoms with Crippen molar-refractivity contribution in [3.8, 4) is 16.9 Å². The number of alkyl halides is 3. The van der Waals surface area contributed by atoms with Gasteiger partial charge in [0.05, 0.1) is 30.5 Å². The maximum Gasteiger partial charge on any atom is 0.416 e. The van der Waals surface area contributed by atoms with Gasteiger partial charge in [-0.3, -0.25) is 0 Å². The summed E-state index contributed by atoms with van der Waals surface area (Å²) in [6.07, 6.45) is -0.293. The summed E-state index contributed by atoms with van der Waals surface area (Å²) in [5.74, 6) is 0.516. The highest BCUT2D eigenvalue weighted by molar-refractivity contribution is 5.77. The first-order valence-electron chi connectivity index (χ1n) is 12.7. The van der Waals surface area contributed by atoms with Crippen molar-refractivity contribution in [2.75, 3.05) is 6.54 Å². The molecule has 0 saturated carbocycles. The highest BCUT2D eigenvalue weighted by Gasteiger charge is 2.32. The van der Waals surface area contributed by atoms with Crippen LogP contribution in [-0.4, -0.2) is 32.4 Å². The number of nitrogens with zero attached hydrogens (tertiary/aromatic N) is 3. The van der Waals surface area contributed by atoms with E-state index in [9.17, 15) is 18.0 Å². The summed E-state index contributed by atoms with van der Waals surface area (Å²) in [4.78, 5) is 25.0. The van der Waals surface area contributed by atoms with Crippen molar-refractivity contribution < 1.29 is 22.8 Å². The zero-order valence-corrected chi connectivity index (χ0v) is 22.0. The molecule has 2 N–H and O–H groups in total. The molecule has 0 saturated heterocycles. The van der Waals surface area contributed by atoms with E-state index in [4.69, 9.17) is 4.84 Å². The van der Waals surface area contributed by atoms with Crippen LogP contribution in [0.3, 0.4) is 0 Å². The topological polar surface area (TPSA) is 70.9 Å². The number of imidazole rings is 1. The number of hydrogen-bond donors (Lipinski definition) is 2. The van der Waals surface area contributed by atoms with Gasteiger partial charge in [0, 0.05) is 23.8 Å². The number of fused-ring (bicyclic) bond motifs is 2. The van der Waals surface area contributed by atoms with Gasteiger partial charge in [-0.1, -0.05) is 24.3 Å². The monoisotopic (exact) mass is 537 g/mol. The molecule has 5 rings (SSSR count). The van der Waals surface area contributed by atoms with Gasteiger partial charge < -0.3 is 19.5 Å². The van der Waals surface area contributed by atoms with E-state index in [-0.39, 0.29) is 12.6 Å². The zero-order chi connectivity index (χ0) is 27.8. The molecule has 0 atom stereocenters. The van der Waals surface area contributed by atoms with Crippen molar-refractivity contribution in [2.45, 2.75) is 52.0 Å². The van der Waals surface area contributed by atoms with E-state index in [0.29, 0.717) is 36.4 Å². The molecule has 3 heterocycles. The molecule has 2 amide bonds. The summed E-state index contributed by atoms with van der Waals surface area (Å²) >= 11 is 0. The first-order valence-corrected chi connectivity index (χ1v) is 12.7. The van der Waals surface area contributed by atoms with Gasteiger partial charge in [-0.25, -0.2) is 9.78 Å². The van der Waals surface area contributed by atoms with E-state index in [2.05, 4.69) is 15.8 Å². The molecular formula is C29H30F3N5O2. The molecule has 39 heavy (non-hydrogen) atoms. The van der Waals surface area contributed by atoms with Crippen LogP contribution in [0.2, 0.25) is 0 Å². The van der Waals surface area contributed by atoms with Crippen molar-refractivity contribution in [3.63, 3.8) is 0 Å². The van der Waals surface area contributed by atoms with Crippen molar-refractivity contribution >= 4 is 11.7 Å². The minimum Gasteiger partial charge on any atom is -0.408 e. The second-order valence-electron chi connectivity index (χ2n) is 10.6. The van der Waals surface area contributed by atoms with Crippen molar-refractivity contribution in [1.82, 2.24) is 25.1 Å². The number of urea groups is 1. The number of pyridine rings is 1. The standard InChI is InChI=1S/C29H30F3N5O2/c1-28(2,3)35-27(38)36-14-12-23-22(19-7-6-8-20(15-19)29(30,31)32)10-11-25(24(23)18-36)39-34-17-21-16-33-26-9-4-5-13-37(21)26/h4-11,13,15-16,34H,12,14,17-18H2,1-3H3,(H,35,38). The third kappa shape index (κ3) is 5.85. The van der Waals surface area contributed by atoms with E-state index in [0.717, 1.165) is 34.6 Å². The second kappa shape index (κ2) is 10.3. The fourth-order valence-corrected chi connectivity index (χ4v) is 4.75. The number of carbonyl (C=O) groups excluding carboxylic acids is 1. The maximum absolute atomic E-state index is 13.4. The molecule has 204 valence electrons. The van der Waals surface area contributed by atoms with Gasteiger partial charge >= 0.3 is 12.2 Å². The van der Waals surface area contributed by atoms with Crippen LogP contribution >= 0.6 is 0 Å². The lowest BCUT2D eigenvalue weighted by atomic mass is 9.89. The fraction of sp³-hybridized carbons (Fsp3) is 0.310. The van der Waals surface area contributed by atoms with Crippen LogP contribution in [0.15, 0.2) is 67.0 Å². The van der Waals surface area contributed by atoms with E-state index >= 15 is 0 Å². The Morgan fingerprint density at radius 1 is 1.05 bits per heavy atom. The molecule has 7 nitrogen and oxygen atoms in total. The molecule has 0 unspecified atom stereocenters. The Morgan fingerprint density at radius 3 is 2.64 bits per heavy atom. The average molecular weight is 538 g/mol. The van der Waals surface area contributed by atoms with E-state index < -0.39 is 17.3 Å². The van der Waals surface area contributed by atoms with E-state index in [1.54, 1.807) is 29.3 Å². The summed E-state index contributed by atoms with van der Waals surface area (Å²) in [6, 6.07) is 14.4. The quantitative estimate of drug-likeness (QED) is 0.308. The van der Waals surface area contributed by atoms with Crippen LogP contribution in [0.1, 0.15) is 43.2 Å². The number of carbonyl (C=O) groups is 1. The van der Waals surface area contributed by atoms with Gasteiger partial charge in [-0.2, -0.15) is 18.7 Å². The van der Waals surface area contributed by atoms with Gasteiger partial charge in [0.15, 0.2) is 5.75 Å². The molecule has 1 aliphatic rings. The Kier molecular flexibility index (Phi) is 6.98. The maximum atomic E-state index is 13.4. The lowest BCUT2D eigenvalue weighted by molar-refractivity contribution is -0.137. The van der Waals surface area contributed by atoms with Crippen molar-refractivity contribution in [3.05, 3.63) is 89.4 Å². The molecule has 10 heteroatoms. The average Bonchev–Trinajstić information content (AvgIpc) is 3.30. The van der Waals surface area contributed by atoms with Crippen LogP contribution in [0.4, 0.5) is 18.0 Å². The van der Waals surface area contributed by atoms with Crippen molar-refractivity contribution in [1.29, 1.82) is 0 Å². The Morgan fingerprint density at radius 2 is 1.87 bits per heavy atom. The van der Waals surface area contributed by atoms with E-state index in [1.165, 1.54) is 6.07 Å². The lowest BCUT2D eigenvalue weighted by Crippen LogP contribution is -2.49. The predicted molar refractivity (Wildman–Crippen MR) is 142 cm³/mol. The van der Waals surface area contributed by atoms with Gasteiger partial charge in [-0.15, -0.1) is 0 Å². The van der Waals surface area contributed by atoms with Gasteiger partial charge in [0.1, 0.15) is 5.65 Å². The molecule has 1 aliphatic heterocycles. The molecule has 2 aromatic heterocycles. The number of hydrogen-bond acceptors (Lipinski definition) is 4. The molecule has 2 aromatic carbocycles. The fourth-order valence-electron chi connectivity index (χ4n) is 4.75. The molecule has 0 radical (unpaired) electrons. The molecule has 0 aliphatic carbocycles. The van der Waals surface area contributed by atoms with Crippen LogP contribution in [0.25, 0.3) is 16.8 Å². The number of halogens is 3. The number of nitrogens with one attached hydrogen (secondary N) is 2. The van der Waals surface area contributed by atoms with Gasteiger partial charge in [-0.05, 0) is 74.2 Å². The molecule has 0 bridgehead atoms. The van der Waals surface area contributed by atoms with E-state index in [1.807, 2.05) is 49.6 Å². The smallest absolute Gasteiger partial charge is 0.408 e. The van der Waals surface area contributed by atoms with Crippen LogP contribution < -0.4 is 15.6 Å². The third-order valence-corrected chi connectivity index (χ3v) is 6.57. The van der Waals surface area contributed by atoms with Gasteiger partial charge in [0.25, 0.3) is 0 Å². The minimum absolute atomic E-state index is 0.206. The summed E-state index contributed by atoms with van der Waals surface area (Å²) in [5.41, 5.74) is 6.37. The zero-order valence-electron chi connectivity index (χ0n) is 22.0. The first-order chi connectivity index (χ1) is 18.5. The highest BCUT2D eigenvalue weighted by Crippen LogP contribution is 2.38. The number of hydroxylamine groups is 1. The summed E-state index contributed by atoms with van der Waals surface area (Å²) in [7, 11) is 0. The van der Waals surface area contributed by atoms with Crippen LogP contribution in [0, 0.1) is 0 Å². The SMILES string of the molecule is CC(C)(C)NC(=O)N1CCc2c(-c3cccc(C(F)(F)F)c3)ccc(ONCc3cnc4ccccn34)c2C1. The predicted octanol–water partition coefficient (Wildman–Crippen LogP) is 5.97. The number of benzene rings is 2. The van der Waals surface area contributed by atoms with Crippen molar-refractivity contribution in [2.24, 2.45) is 0 Å². The normalized spacial score (nSPS) is 13.8. The first kappa shape index (κ1) is 26.6. The minimum atomic E-state index is -4.44.